The van der Waals surface area contributed by atoms with Crippen molar-refractivity contribution in [2.75, 3.05) is 13.1 Å². The van der Waals surface area contributed by atoms with Crippen molar-refractivity contribution in [3.05, 3.63) is 71.0 Å². The molecule has 7 nitrogen and oxygen atoms in total. The van der Waals surface area contributed by atoms with Crippen LogP contribution in [0, 0.1) is 5.82 Å². The lowest BCUT2D eigenvalue weighted by atomic mass is 9.88. The van der Waals surface area contributed by atoms with E-state index in [1.54, 1.807) is 37.8 Å². The fraction of sp³-hybridized carbons (Fsp3) is 0.481. The number of ether oxygens (including phenoxy) is 1. The lowest BCUT2D eigenvalue weighted by molar-refractivity contribution is 0.00900. The normalized spacial score (nSPS) is 24.0. The molecular formula is C27H34FN3O4. The number of hydrogen-bond donors (Lipinski definition) is 3. The Labute approximate surface area is 205 Å². The zero-order valence-electron chi connectivity index (χ0n) is 20.5. The molecule has 1 heterocycles. The Kier molecular flexibility index (Phi) is 7.03. The first-order chi connectivity index (χ1) is 16.6. The third-order valence-electron chi connectivity index (χ3n) is 6.72. The molecule has 1 fully saturated rings. The van der Waals surface area contributed by atoms with Crippen LogP contribution in [0.4, 0.5) is 14.0 Å². The molecule has 1 aliphatic heterocycles. The predicted octanol–water partition coefficient (Wildman–Crippen LogP) is 4.29. The van der Waals surface area contributed by atoms with Gasteiger partial charge in [0, 0.05) is 6.54 Å². The lowest BCUT2D eigenvalue weighted by Crippen LogP contribution is -2.57. The van der Waals surface area contributed by atoms with Crippen LogP contribution < -0.4 is 10.6 Å². The first-order valence-electron chi connectivity index (χ1n) is 12.2. The smallest absolute Gasteiger partial charge is 0.407 e. The van der Waals surface area contributed by atoms with Gasteiger partial charge in [0.2, 0.25) is 0 Å². The highest BCUT2D eigenvalue weighted by Gasteiger charge is 2.43. The zero-order chi connectivity index (χ0) is 25.2. The van der Waals surface area contributed by atoms with Gasteiger partial charge >= 0.3 is 12.1 Å². The maximum atomic E-state index is 13.6. The molecule has 0 spiro atoms. The van der Waals surface area contributed by atoms with E-state index in [-0.39, 0.29) is 24.4 Å². The first kappa shape index (κ1) is 25.0. The Morgan fingerprint density at radius 2 is 1.89 bits per heavy atom. The highest BCUT2D eigenvalue weighted by Crippen LogP contribution is 2.36. The summed E-state index contributed by atoms with van der Waals surface area (Å²) < 4.78 is 18.9. The molecule has 2 unspecified atom stereocenters. The number of urea groups is 1. The molecule has 4 rings (SSSR count). The number of carbonyl (C=O) groups excluding carboxylic acids is 2. The van der Waals surface area contributed by atoms with Gasteiger partial charge in [0.05, 0.1) is 18.6 Å². The lowest BCUT2D eigenvalue weighted by Gasteiger charge is -2.39. The van der Waals surface area contributed by atoms with Gasteiger partial charge in [-0.15, -0.1) is 0 Å². The largest absolute Gasteiger partial charge is 0.444 e. The Morgan fingerprint density at radius 1 is 1.17 bits per heavy atom. The van der Waals surface area contributed by atoms with E-state index < -0.39 is 23.3 Å². The SMILES string of the molecule is CC(C)(C)OC(=O)NC1CCCC1(O)CNC(=O)N1CCc2ccccc2[C@@H]1c1ccc(F)cc1. The maximum Gasteiger partial charge on any atom is 0.407 e. The van der Waals surface area contributed by atoms with Crippen LogP contribution in [0.5, 0.6) is 0 Å². The highest BCUT2D eigenvalue weighted by molar-refractivity contribution is 5.76. The van der Waals surface area contributed by atoms with Crippen LogP contribution in [0.2, 0.25) is 0 Å². The van der Waals surface area contributed by atoms with Crippen molar-refractivity contribution in [2.45, 2.75) is 69.7 Å². The van der Waals surface area contributed by atoms with Crippen molar-refractivity contribution in [3.63, 3.8) is 0 Å². The molecule has 2 aliphatic rings. The summed E-state index contributed by atoms with van der Waals surface area (Å²) in [7, 11) is 0. The summed E-state index contributed by atoms with van der Waals surface area (Å²) in [6.45, 7) is 5.83. The molecule has 0 aromatic heterocycles. The van der Waals surface area contributed by atoms with Gasteiger partial charge in [0.15, 0.2) is 0 Å². The van der Waals surface area contributed by atoms with Crippen LogP contribution in [0.15, 0.2) is 48.5 Å². The number of amides is 3. The average Bonchev–Trinajstić information content (AvgIpc) is 3.16. The summed E-state index contributed by atoms with van der Waals surface area (Å²) in [6, 6.07) is 13.0. The molecular weight excluding hydrogens is 449 g/mol. The Bertz CT molecular complexity index is 1070. The van der Waals surface area contributed by atoms with E-state index in [0.717, 1.165) is 23.1 Å². The number of nitrogens with one attached hydrogen (secondary N) is 2. The molecule has 2 aromatic rings. The fourth-order valence-corrected chi connectivity index (χ4v) is 5.04. The number of nitrogens with zero attached hydrogens (tertiary/aromatic N) is 1. The van der Waals surface area contributed by atoms with Crippen molar-refractivity contribution in [1.82, 2.24) is 15.5 Å². The summed E-state index contributed by atoms with van der Waals surface area (Å²) >= 11 is 0. The number of fused-ring (bicyclic) bond motifs is 1. The second-order valence-corrected chi connectivity index (χ2v) is 10.4. The van der Waals surface area contributed by atoms with Gasteiger partial charge in [-0.2, -0.15) is 0 Å². The monoisotopic (exact) mass is 483 g/mol. The Balaban J connectivity index is 1.48. The first-order valence-corrected chi connectivity index (χ1v) is 12.2. The minimum Gasteiger partial charge on any atom is -0.444 e. The minimum atomic E-state index is -1.27. The van der Waals surface area contributed by atoms with Crippen LogP contribution >= 0.6 is 0 Å². The summed E-state index contributed by atoms with van der Waals surface area (Å²) in [6.07, 6.45) is 1.90. The molecule has 1 saturated carbocycles. The van der Waals surface area contributed by atoms with Gasteiger partial charge in [-0.25, -0.2) is 14.0 Å². The molecule has 0 bridgehead atoms. The molecule has 1 aliphatic carbocycles. The number of hydrogen-bond acceptors (Lipinski definition) is 4. The maximum absolute atomic E-state index is 13.6. The van der Waals surface area contributed by atoms with Gasteiger partial charge in [-0.05, 0) is 75.3 Å². The molecule has 0 radical (unpaired) electrons. The standard InChI is InChI=1S/C27H34FN3O4/c1-26(2,3)35-25(33)30-22-9-6-15-27(22,34)17-29-24(32)31-16-14-18-7-4-5-8-21(18)23(31)19-10-12-20(28)13-11-19/h4-5,7-8,10-13,22-23,34H,6,9,14-17H2,1-3H3,(H,29,32)(H,30,33)/t22?,23-,27?/m0/s1. The van der Waals surface area contributed by atoms with Crippen molar-refractivity contribution in [3.8, 4) is 0 Å². The number of alkyl carbamates (subject to hydrolysis) is 1. The van der Waals surface area contributed by atoms with Crippen LogP contribution in [-0.4, -0.2) is 52.5 Å². The Hall–Kier alpha value is -3.13. The van der Waals surface area contributed by atoms with Crippen LogP contribution in [-0.2, 0) is 11.2 Å². The molecule has 3 amide bonds. The third-order valence-corrected chi connectivity index (χ3v) is 6.72. The van der Waals surface area contributed by atoms with E-state index in [9.17, 15) is 19.1 Å². The Morgan fingerprint density at radius 3 is 2.60 bits per heavy atom. The van der Waals surface area contributed by atoms with E-state index in [4.69, 9.17) is 4.74 Å². The van der Waals surface area contributed by atoms with E-state index in [2.05, 4.69) is 16.7 Å². The van der Waals surface area contributed by atoms with Crippen molar-refractivity contribution >= 4 is 12.1 Å². The third kappa shape index (κ3) is 5.75. The second-order valence-electron chi connectivity index (χ2n) is 10.4. The molecule has 3 atom stereocenters. The van der Waals surface area contributed by atoms with Crippen molar-refractivity contribution in [2.24, 2.45) is 0 Å². The predicted molar refractivity (Wildman–Crippen MR) is 130 cm³/mol. The van der Waals surface area contributed by atoms with E-state index in [1.807, 2.05) is 18.2 Å². The van der Waals surface area contributed by atoms with Crippen molar-refractivity contribution < 1.29 is 23.8 Å². The number of rotatable bonds is 4. The zero-order valence-corrected chi connectivity index (χ0v) is 20.5. The van der Waals surface area contributed by atoms with Gasteiger partial charge in [-0.3, -0.25) is 0 Å². The van der Waals surface area contributed by atoms with Crippen LogP contribution in [0.3, 0.4) is 0 Å². The van der Waals surface area contributed by atoms with Crippen molar-refractivity contribution in [1.29, 1.82) is 0 Å². The molecule has 35 heavy (non-hydrogen) atoms. The topological polar surface area (TPSA) is 90.9 Å². The average molecular weight is 484 g/mol. The molecule has 0 saturated heterocycles. The molecule has 2 aromatic carbocycles. The van der Waals surface area contributed by atoms with E-state index >= 15 is 0 Å². The summed E-state index contributed by atoms with van der Waals surface area (Å²) in [5, 5.41) is 16.9. The number of benzene rings is 2. The van der Waals surface area contributed by atoms with Gasteiger partial charge in [0.1, 0.15) is 17.0 Å². The van der Waals surface area contributed by atoms with Gasteiger partial charge in [-0.1, -0.05) is 36.4 Å². The van der Waals surface area contributed by atoms with E-state index in [0.29, 0.717) is 25.8 Å². The van der Waals surface area contributed by atoms with Crippen LogP contribution in [0.25, 0.3) is 0 Å². The summed E-state index contributed by atoms with van der Waals surface area (Å²) in [5.74, 6) is -0.333. The number of carbonyl (C=O) groups is 2. The number of aliphatic hydroxyl groups is 1. The summed E-state index contributed by atoms with van der Waals surface area (Å²) in [4.78, 5) is 27.4. The van der Waals surface area contributed by atoms with Crippen LogP contribution in [0.1, 0.15) is 62.8 Å². The van der Waals surface area contributed by atoms with E-state index in [1.165, 1.54) is 12.1 Å². The van der Waals surface area contributed by atoms with Gasteiger partial charge in [0.25, 0.3) is 0 Å². The summed E-state index contributed by atoms with van der Waals surface area (Å²) in [5.41, 5.74) is 1.06. The fourth-order valence-electron chi connectivity index (χ4n) is 5.04. The number of halogens is 1. The minimum absolute atomic E-state index is 0.000578. The highest BCUT2D eigenvalue weighted by atomic mass is 19.1. The quantitative estimate of drug-likeness (QED) is 0.605. The molecule has 188 valence electrons. The molecule has 8 heteroatoms. The molecule has 3 N–H and O–H groups in total. The van der Waals surface area contributed by atoms with Gasteiger partial charge < -0.3 is 25.4 Å². The second kappa shape index (κ2) is 9.85.